The maximum Gasteiger partial charge on any atom is 0.193 e. The van der Waals surface area contributed by atoms with Crippen LogP contribution in [0.5, 0.6) is 0 Å². The lowest BCUT2D eigenvalue weighted by Crippen LogP contribution is -2.24. The first-order chi connectivity index (χ1) is 9.65. The zero-order valence-electron chi connectivity index (χ0n) is 12.0. The number of hydrogen-bond acceptors (Lipinski definition) is 1. The van der Waals surface area contributed by atoms with Crippen molar-refractivity contribution in [2.45, 2.75) is 26.3 Å². The standard InChI is InChI=1S/C17H21N3/c1-13(2)19-17(18)20-16-11-7-6-10-15(16)12-14-8-4-3-5-9-14/h3-11,13H,12H2,1-2H3,(H3,18,19,20). The van der Waals surface area contributed by atoms with E-state index in [0.717, 1.165) is 12.1 Å². The molecule has 0 bridgehead atoms. The first-order valence-electron chi connectivity index (χ1n) is 6.87. The molecular weight excluding hydrogens is 246 g/mol. The number of nitrogens with zero attached hydrogens (tertiary/aromatic N) is 1. The van der Waals surface area contributed by atoms with Crippen molar-refractivity contribution < 1.29 is 0 Å². The van der Waals surface area contributed by atoms with Crippen LogP contribution in [0.4, 0.5) is 5.69 Å². The minimum atomic E-state index is 0.184. The van der Waals surface area contributed by atoms with Crippen LogP contribution < -0.4 is 11.1 Å². The van der Waals surface area contributed by atoms with Gasteiger partial charge < -0.3 is 11.1 Å². The lowest BCUT2D eigenvalue weighted by molar-refractivity contribution is 0.833. The summed E-state index contributed by atoms with van der Waals surface area (Å²) in [5, 5.41) is 3.19. The molecule has 3 heteroatoms. The van der Waals surface area contributed by atoms with Gasteiger partial charge in [-0.2, -0.15) is 0 Å². The van der Waals surface area contributed by atoms with E-state index in [1.54, 1.807) is 0 Å². The van der Waals surface area contributed by atoms with E-state index in [1.807, 2.05) is 38.1 Å². The van der Waals surface area contributed by atoms with Crippen LogP contribution in [-0.4, -0.2) is 12.0 Å². The molecule has 2 rings (SSSR count). The van der Waals surface area contributed by atoms with Gasteiger partial charge in [-0.05, 0) is 37.5 Å². The molecule has 0 aromatic heterocycles. The van der Waals surface area contributed by atoms with E-state index in [2.05, 4.69) is 40.6 Å². The number of nitrogens with two attached hydrogens (primary N) is 1. The van der Waals surface area contributed by atoms with E-state index in [1.165, 1.54) is 11.1 Å². The maximum atomic E-state index is 5.91. The Morgan fingerprint density at radius 2 is 1.70 bits per heavy atom. The molecule has 2 aromatic rings. The average Bonchev–Trinajstić information content (AvgIpc) is 2.41. The molecule has 0 aliphatic heterocycles. The van der Waals surface area contributed by atoms with Gasteiger partial charge >= 0.3 is 0 Å². The number of anilines is 1. The summed E-state index contributed by atoms with van der Waals surface area (Å²) in [5.74, 6) is 0.459. The Balaban J connectivity index is 2.18. The van der Waals surface area contributed by atoms with Gasteiger partial charge in [0.25, 0.3) is 0 Å². The Morgan fingerprint density at radius 1 is 1.05 bits per heavy atom. The lowest BCUT2D eigenvalue weighted by Gasteiger charge is -2.12. The predicted molar refractivity (Wildman–Crippen MR) is 86.1 cm³/mol. The highest BCUT2D eigenvalue weighted by Gasteiger charge is 2.04. The van der Waals surface area contributed by atoms with Gasteiger partial charge in [-0.1, -0.05) is 48.5 Å². The van der Waals surface area contributed by atoms with E-state index < -0.39 is 0 Å². The maximum absolute atomic E-state index is 5.91. The van der Waals surface area contributed by atoms with Gasteiger partial charge in [-0.15, -0.1) is 0 Å². The molecule has 2 aromatic carbocycles. The normalized spacial score (nSPS) is 11.7. The third-order valence-electron chi connectivity index (χ3n) is 2.91. The van der Waals surface area contributed by atoms with Crippen molar-refractivity contribution in [3.05, 3.63) is 65.7 Å². The fourth-order valence-corrected chi connectivity index (χ4v) is 2.06. The third kappa shape index (κ3) is 4.12. The predicted octanol–water partition coefficient (Wildman–Crippen LogP) is 3.41. The summed E-state index contributed by atoms with van der Waals surface area (Å²) in [6.45, 7) is 4.01. The molecule has 0 amide bonds. The second kappa shape index (κ2) is 6.75. The van der Waals surface area contributed by atoms with Crippen molar-refractivity contribution in [1.29, 1.82) is 0 Å². The highest BCUT2D eigenvalue weighted by molar-refractivity contribution is 5.93. The molecule has 0 saturated carbocycles. The molecular formula is C17H21N3. The molecule has 0 atom stereocenters. The molecule has 0 saturated heterocycles. The zero-order chi connectivity index (χ0) is 14.4. The van der Waals surface area contributed by atoms with E-state index in [9.17, 15) is 0 Å². The second-order valence-electron chi connectivity index (χ2n) is 5.05. The minimum Gasteiger partial charge on any atom is -0.370 e. The van der Waals surface area contributed by atoms with Crippen LogP contribution in [0, 0.1) is 0 Å². The number of hydrogen-bond donors (Lipinski definition) is 2. The van der Waals surface area contributed by atoms with Crippen molar-refractivity contribution in [3.8, 4) is 0 Å². The lowest BCUT2D eigenvalue weighted by atomic mass is 10.0. The molecule has 0 fully saturated rings. The average molecular weight is 267 g/mol. The number of benzene rings is 2. The molecule has 20 heavy (non-hydrogen) atoms. The summed E-state index contributed by atoms with van der Waals surface area (Å²) >= 11 is 0. The Bertz CT molecular complexity index is 574. The fourth-order valence-electron chi connectivity index (χ4n) is 2.06. The molecule has 0 radical (unpaired) electrons. The number of aliphatic imine (C=N–C) groups is 1. The van der Waals surface area contributed by atoms with Gasteiger partial charge in [0.05, 0.1) is 0 Å². The largest absolute Gasteiger partial charge is 0.370 e. The van der Waals surface area contributed by atoms with E-state index in [-0.39, 0.29) is 6.04 Å². The van der Waals surface area contributed by atoms with Crippen molar-refractivity contribution in [2.75, 3.05) is 5.32 Å². The van der Waals surface area contributed by atoms with Crippen LogP contribution in [0.2, 0.25) is 0 Å². The number of guanidine groups is 1. The second-order valence-corrected chi connectivity index (χ2v) is 5.05. The summed E-state index contributed by atoms with van der Waals surface area (Å²) in [7, 11) is 0. The number of para-hydroxylation sites is 1. The van der Waals surface area contributed by atoms with Gasteiger partial charge in [-0.3, -0.25) is 4.99 Å². The van der Waals surface area contributed by atoms with Gasteiger partial charge in [0.1, 0.15) is 0 Å². The van der Waals surface area contributed by atoms with Crippen LogP contribution in [0.3, 0.4) is 0 Å². The number of nitrogens with one attached hydrogen (secondary N) is 1. The summed E-state index contributed by atoms with van der Waals surface area (Å²) in [5.41, 5.74) is 9.41. The summed E-state index contributed by atoms with van der Waals surface area (Å²) in [6, 6.07) is 18.8. The highest BCUT2D eigenvalue weighted by Crippen LogP contribution is 2.18. The van der Waals surface area contributed by atoms with Crippen LogP contribution in [0.15, 0.2) is 59.6 Å². The quantitative estimate of drug-likeness (QED) is 0.659. The van der Waals surface area contributed by atoms with Gasteiger partial charge in [0.2, 0.25) is 0 Å². The molecule has 0 aliphatic carbocycles. The zero-order valence-corrected chi connectivity index (χ0v) is 12.0. The van der Waals surface area contributed by atoms with Crippen LogP contribution in [0.25, 0.3) is 0 Å². The van der Waals surface area contributed by atoms with E-state index in [0.29, 0.717) is 5.96 Å². The SMILES string of the molecule is CC(C)N=C(N)Nc1ccccc1Cc1ccccc1. The Hall–Kier alpha value is -2.29. The molecule has 0 heterocycles. The van der Waals surface area contributed by atoms with Crippen molar-refractivity contribution in [1.82, 2.24) is 0 Å². The minimum absolute atomic E-state index is 0.184. The first kappa shape index (κ1) is 14.1. The summed E-state index contributed by atoms with van der Waals surface area (Å²) in [4.78, 5) is 4.30. The Kier molecular flexibility index (Phi) is 4.77. The molecule has 3 nitrogen and oxygen atoms in total. The van der Waals surface area contributed by atoms with Crippen LogP contribution in [-0.2, 0) is 6.42 Å². The highest BCUT2D eigenvalue weighted by atomic mass is 15.1. The number of rotatable bonds is 4. The summed E-state index contributed by atoms with van der Waals surface area (Å²) < 4.78 is 0. The van der Waals surface area contributed by atoms with E-state index in [4.69, 9.17) is 5.73 Å². The van der Waals surface area contributed by atoms with Crippen molar-refractivity contribution >= 4 is 11.6 Å². The van der Waals surface area contributed by atoms with Crippen LogP contribution in [0.1, 0.15) is 25.0 Å². The van der Waals surface area contributed by atoms with Gasteiger partial charge in [0.15, 0.2) is 5.96 Å². The molecule has 0 aliphatic rings. The third-order valence-corrected chi connectivity index (χ3v) is 2.91. The first-order valence-corrected chi connectivity index (χ1v) is 6.87. The van der Waals surface area contributed by atoms with Crippen LogP contribution >= 0.6 is 0 Å². The molecule has 3 N–H and O–H groups in total. The molecule has 0 spiro atoms. The fraction of sp³-hybridized carbons (Fsp3) is 0.235. The van der Waals surface area contributed by atoms with Gasteiger partial charge in [0, 0.05) is 11.7 Å². The van der Waals surface area contributed by atoms with Gasteiger partial charge in [-0.25, -0.2) is 0 Å². The Labute approximate surface area is 120 Å². The smallest absolute Gasteiger partial charge is 0.193 e. The van der Waals surface area contributed by atoms with Crippen molar-refractivity contribution in [3.63, 3.8) is 0 Å². The molecule has 104 valence electrons. The monoisotopic (exact) mass is 267 g/mol. The Morgan fingerprint density at radius 3 is 2.40 bits per heavy atom. The topological polar surface area (TPSA) is 50.4 Å². The van der Waals surface area contributed by atoms with E-state index >= 15 is 0 Å². The molecule has 0 unspecified atom stereocenters. The van der Waals surface area contributed by atoms with Crippen molar-refractivity contribution in [2.24, 2.45) is 10.7 Å². The summed E-state index contributed by atoms with van der Waals surface area (Å²) in [6.07, 6.45) is 0.874.